The highest BCUT2D eigenvalue weighted by atomic mass is 32.2. The second-order valence-electron chi connectivity index (χ2n) is 6.70. The molecule has 1 N–H and O–H groups in total. The monoisotopic (exact) mass is 341 g/mol. The number of aromatic nitrogens is 1. The number of hydrogen-bond donors (Lipinski definition) is 1. The molecule has 3 rings (SSSR count). The van der Waals surface area contributed by atoms with Crippen LogP contribution in [0, 0.1) is 6.92 Å². The summed E-state index contributed by atoms with van der Waals surface area (Å²) in [6.45, 7) is 3.26. The molecule has 0 bridgehead atoms. The van der Waals surface area contributed by atoms with Gasteiger partial charge in [-0.15, -0.1) is 0 Å². The van der Waals surface area contributed by atoms with Crippen molar-refractivity contribution in [2.45, 2.75) is 49.8 Å². The molecule has 1 aromatic heterocycles. The third-order valence-corrected chi connectivity index (χ3v) is 6.45. The molecule has 1 saturated heterocycles. The van der Waals surface area contributed by atoms with Crippen LogP contribution in [-0.4, -0.2) is 55.1 Å². The summed E-state index contributed by atoms with van der Waals surface area (Å²) < 4.78 is 28.1. The van der Waals surface area contributed by atoms with Gasteiger partial charge in [0.2, 0.25) is 0 Å². The number of urea groups is 1. The molecule has 8 heteroatoms. The van der Waals surface area contributed by atoms with E-state index < -0.39 is 9.84 Å². The molecule has 128 valence electrons. The highest BCUT2D eigenvalue weighted by Crippen LogP contribution is 2.29. The van der Waals surface area contributed by atoms with E-state index in [9.17, 15) is 13.2 Å². The Balaban J connectivity index is 1.44. The number of rotatable bonds is 3. The van der Waals surface area contributed by atoms with Crippen LogP contribution >= 0.6 is 0 Å². The minimum absolute atomic E-state index is 0.0168. The van der Waals surface area contributed by atoms with Crippen LogP contribution in [-0.2, 0) is 9.84 Å². The zero-order valence-corrected chi connectivity index (χ0v) is 14.3. The Hall–Kier alpha value is -1.57. The highest BCUT2D eigenvalue weighted by molar-refractivity contribution is 7.91. The van der Waals surface area contributed by atoms with E-state index in [4.69, 9.17) is 4.52 Å². The number of hydrogen-bond acceptors (Lipinski definition) is 5. The first-order valence-corrected chi connectivity index (χ1v) is 9.96. The van der Waals surface area contributed by atoms with E-state index in [-0.39, 0.29) is 17.3 Å². The summed E-state index contributed by atoms with van der Waals surface area (Å²) in [6, 6.07) is 1.85. The molecule has 2 aliphatic rings. The standard InChI is InChI=1S/C15H23N3O4S/c1-10-7-14(22-17-10)11-3-5-18(6-4-11)15(19)16-12-8-13(9-12)23(2,20)21/h7,11-13H,3-6,8-9H2,1-2H3,(H,16,19). The van der Waals surface area contributed by atoms with E-state index in [0.29, 0.717) is 31.8 Å². The van der Waals surface area contributed by atoms with Gasteiger partial charge in [-0.3, -0.25) is 0 Å². The predicted molar refractivity (Wildman–Crippen MR) is 85.0 cm³/mol. The number of amides is 2. The maximum absolute atomic E-state index is 12.2. The molecule has 1 aliphatic carbocycles. The van der Waals surface area contributed by atoms with Crippen molar-refractivity contribution in [2.75, 3.05) is 19.3 Å². The first-order chi connectivity index (χ1) is 10.8. The predicted octanol–water partition coefficient (Wildman–Crippen LogP) is 1.45. The smallest absolute Gasteiger partial charge is 0.317 e. The number of nitrogens with zero attached hydrogens (tertiary/aromatic N) is 2. The number of likely N-dealkylation sites (tertiary alicyclic amines) is 1. The maximum atomic E-state index is 12.2. The van der Waals surface area contributed by atoms with E-state index in [2.05, 4.69) is 10.5 Å². The molecule has 7 nitrogen and oxygen atoms in total. The largest absolute Gasteiger partial charge is 0.361 e. The molecule has 0 radical (unpaired) electrons. The zero-order valence-electron chi connectivity index (χ0n) is 13.5. The summed E-state index contributed by atoms with van der Waals surface area (Å²) in [7, 11) is -2.98. The van der Waals surface area contributed by atoms with Gasteiger partial charge in [0.1, 0.15) is 15.6 Å². The molecule has 2 fully saturated rings. The van der Waals surface area contributed by atoms with Gasteiger partial charge >= 0.3 is 6.03 Å². The Morgan fingerprint density at radius 2 is 2.00 bits per heavy atom. The lowest BCUT2D eigenvalue weighted by Crippen LogP contribution is -2.54. The second kappa shape index (κ2) is 6.14. The van der Waals surface area contributed by atoms with Gasteiger partial charge in [0.25, 0.3) is 0 Å². The minimum atomic E-state index is -2.98. The van der Waals surface area contributed by atoms with Gasteiger partial charge in [0, 0.05) is 37.4 Å². The lowest BCUT2D eigenvalue weighted by Gasteiger charge is -2.37. The maximum Gasteiger partial charge on any atom is 0.317 e. The van der Waals surface area contributed by atoms with Gasteiger partial charge < -0.3 is 14.7 Å². The van der Waals surface area contributed by atoms with Crippen molar-refractivity contribution < 1.29 is 17.7 Å². The van der Waals surface area contributed by atoms with Gasteiger partial charge in [-0.25, -0.2) is 13.2 Å². The van der Waals surface area contributed by atoms with Crippen molar-refractivity contribution in [2.24, 2.45) is 0 Å². The Bertz CT molecular complexity index is 671. The zero-order chi connectivity index (χ0) is 16.6. The van der Waals surface area contributed by atoms with Gasteiger partial charge in [-0.1, -0.05) is 5.16 Å². The van der Waals surface area contributed by atoms with Crippen molar-refractivity contribution in [3.8, 4) is 0 Å². The van der Waals surface area contributed by atoms with Gasteiger partial charge in [0.05, 0.1) is 10.9 Å². The Labute approximate surface area is 136 Å². The Morgan fingerprint density at radius 3 is 2.52 bits per heavy atom. The summed E-state index contributed by atoms with van der Waals surface area (Å²) in [5.74, 6) is 1.22. The normalized spacial score (nSPS) is 25.9. The molecule has 1 saturated carbocycles. The van der Waals surface area contributed by atoms with Crippen LogP contribution in [0.2, 0.25) is 0 Å². The number of piperidine rings is 1. The average Bonchev–Trinajstić information content (AvgIpc) is 2.87. The molecule has 0 aromatic carbocycles. The summed E-state index contributed by atoms with van der Waals surface area (Å²) in [5.41, 5.74) is 0.880. The third-order valence-electron chi connectivity index (χ3n) is 4.86. The van der Waals surface area contributed by atoms with E-state index >= 15 is 0 Å². The minimum Gasteiger partial charge on any atom is -0.361 e. The first-order valence-electron chi connectivity index (χ1n) is 8.00. The fourth-order valence-corrected chi connectivity index (χ4v) is 4.41. The first kappa shape index (κ1) is 16.3. The van der Waals surface area contributed by atoms with Crippen LogP contribution in [0.4, 0.5) is 4.79 Å². The molecule has 2 heterocycles. The van der Waals surface area contributed by atoms with Crippen molar-refractivity contribution in [3.63, 3.8) is 0 Å². The quantitative estimate of drug-likeness (QED) is 0.898. The lowest BCUT2D eigenvalue weighted by atomic mass is 9.92. The summed E-state index contributed by atoms with van der Waals surface area (Å²) in [5, 5.41) is 6.55. The number of nitrogens with one attached hydrogen (secondary N) is 1. The van der Waals surface area contributed by atoms with E-state index in [1.54, 1.807) is 4.90 Å². The second-order valence-corrected chi connectivity index (χ2v) is 9.03. The summed E-state index contributed by atoms with van der Waals surface area (Å²) >= 11 is 0. The molecule has 1 aliphatic heterocycles. The summed E-state index contributed by atoms with van der Waals surface area (Å²) in [6.07, 6.45) is 4.03. The topological polar surface area (TPSA) is 92.5 Å². The fraction of sp³-hybridized carbons (Fsp3) is 0.733. The van der Waals surface area contributed by atoms with Crippen LogP contribution < -0.4 is 5.32 Å². The Kier molecular flexibility index (Phi) is 4.35. The van der Waals surface area contributed by atoms with E-state index in [1.165, 1.54) is 6.26 Å². The molecular formula is C15H23N3O4S. The molecule has 0 spiro atoms. The fourth-order valence-electron chi connectivity index (χ4n) is 3.24. The Morgan fingerprint density at radius 1 is 1.35 bits per heavy atom. The molecule has 0 atom stereocenters. The average molecular weight is 341 g/mol. The molecule has 1 aromatic rings. The van der Waals surface area contributed by atoms with E-state index in [1.807, 2.05) is 13.0 Å². The van der Waals surface area contributed by atoms with Crippen LogP contribution in [0.1, 0.15) is 43.1 Å². The molecule has 0 unspecified atom stereocenters. The van der Waals surface area contributed by atoms with Crippen molar-refractivity contribution >= 4 is 15.9 Å². The number of sulfone groups is 1. The van der Waals surface area contributed by atoms with E-state index in [0.717, 1.165) is 24.3 Å². The number of aryl methyl sites for hydroxylation is 1. The van der Waals surface area contributed by atoms with Gasteiger partial charge in [-0.2, -0.15) is 0 Å². The van der Waals surface area contributed by atoms with Crippen LogP contribution in [0.5, 0.6) is 0 Å². The van der Waals surface area contributed by atoms with Crippen molar-refractivity contribution in [3.05, 3.63) is 17.5 Å². The van der Waals surface area contributed by atoms with Crippen LogP contribution in [0.25, 0.3) is 0 Å². The third kappa shape index (κ3) is 3.68. The van der Waals surface area contributed by atoms with Crippen LogP contribution in [0.15, 0.2) is 10.6 Å². The number of carbonyl (C=O) groups excluding carboxylic acids is 1. The van der Waals surface area contributed by atoms with Crippen molar-refractivity contribution in [1.29, 1.82) is 0 Å². The van der Waals surface area contributed by atoms with Crippen molar-refractivity contribution in [1.82, 2.24) is 15.4 Å². The summed E-state index contributed by atoms with van der Waals surface area (Å²) in [4.78, 5) is 14.0. The molecule has 2 amide bonds. The number of carbonyl (C=O) groups is 1. The van der Waals surface area contributed by atoms with Gasteiger partial charge in [0.15, 0.2) is 0 Å². The van der Waals surface area contributed by atoms with Gasteiger partial charge in [-0.05, 0) is 32.6 Å². The molecular weight excluding hydrogens is 318 g/mol. The lowest BCUT2D eigenvalue weighted by molar-refractivity contribution is 0.167. The van der Waals surface area contributed by atoms with Crippen LogP contribution in [0.3, 0.4) is 0 Å². The highest BCUT2D eigenvalue weighted by Gasteiger charge is 2.38. The SMILES string of the molecule is Cc1cc(C2CCN(C(=O)NC3CC(S(C)(=O)=O)C3)CC2)on1. The molecule has 23 heavy (non-hydrogen) atoms.